The molecule has 1 amide bonds. The van der Waals surface area contributed by atoms with Crippen LogP contribution >= 0.6 is 0 Å². The van der Waals surface area contributed by atoms with Crippen molar-refractivity contribution < 1.29 is 14.3 Å². The number of nitrogens with zero attached hydrogens (tertiary/aromatic N) is 3. The first-order chi connectivity index (χ1) is 14.0. The number of hydrogen-bond acceptors (Lipinski definition) is 3. The summed E-state index contributed by atoms with van der Waals surface area (Å²) in [5.74, 6) is -0.167. The van der Waals surface area contributed by atoms with Gasteiger partial charge in [-0.1, -0.05) is 30.3 Å². The maximum atomic E-state index is 13.7. The van der Waals surface area contributed by atoms with Crippen LogP contribution in [0.3, 0.4) is 0 Å². The van der Waals surface area contributed by atoms with Gasteiger partial charge in [-0.2, -0.15) is 0 Å². The fourth-order valence-electron chi connectivity index (χ4n) is 4.80. The Morgan fingerprint density at radius 3 is 2.48 bits per heavy atom. The molecule has 3 aromatic rings. The van der Waals surface area contributed by atoms with Crippen molar-refractivity contribution in [2.24, 2.45) is 5.92 Å². The maximum Gasteiger partial charge on any atom is 0.225 e. The SMILES string of the molecule is O=C(C1CC(O)C1)N1CCC(c2ccccc2)(c2cn3cc(F)ccc3n2)CC1. The molecule has 1 saturated carbocycles. The van der Waals surface area contributed by atoms with Gasteiger partial charge in [0.25, 0.3) is 0 Å². The summed E-state index contributed by atoms with van der Waals surface area (Å²) >= 11 is 0. The first kappa shape index (κ1) is 18.3. The molecule has 0 spiro atoms. The van der Waals surface area contributed by atoms with Crippen LogP contribution in [0.2, 0.25) is 0 Å². The predicted molar refractivity (Wildman–Crippen MR) is 107 cm³/mol. The number of halogens is 1. The van der Waals surface area contributed by atoms with E-state index in [0.29, 0.717) is 25.9 Å². The van der Waals surface area contributed by atoms with Crippen molar-refractivity contribution in [2.45, 2.75) is 37.2 Å². The van der Waals surface area contributed by atoms with E-state index in [9.17, 15) is 14.3 Å². The molecule has 150 valence electrons. The van der Waals surface area contributed by atoms with E-state index in [-0.39, 0.29) is 29.2 Å². The van der Waals surface area contributed by atoms with E-state index in [2.05, 4.69) is 12.1 Å². The topological polar surface area (TPSA) is 57.8 Å². The minimum absolute atomic E-state index is 0.0348. The first-order valence-corrected chi connectivity index (χ1v) is 10.2. The van der Waals surface area contributed by atoms with Crippen molar-refractivity contribution in [2.75, 3.05) is 13.1 Å². The fraction of sp³-hybridized carbons (Fsp3) is 0.391. The third kappa shape index (κ3) is 3.12. The van der Waals surface area contributed by atoms with E-state index >= 15 is 0 Å². The van der Waals surface area contributed by atoms with Gasteiger partial charge >= 0.3 is 0 Å². The summed E-state index contributed by atoms with van der Waals surface area (Å²) in [5.41, 5.74) is 2.51. The highest BCUT2D eigenvalue weighted by atomic mass is 19.1. The number of hydrogen-bond donors (Lipinski definition) is 1. The maximum absolute atomic E-state index is 13.7. The highest BCUT2D eigenvalue weighted by molar-refractivity contribution is 5.80. The van der Waals surface area contributed by atoms with E-state index < -0.39 is 0 Å². The molecular weight excluding hydrogens is 369 g/mol. The van der Waals surface area contributed by atoms with Crippen LogP contribution in [-0.2, 0) is 10.2 Å². The summed E-state index contributed by atoms with van der Waals surface area (Å²) in [4.78, 5) is 19.5. The number of rotatable bonds is 3. The molecule has 6 heteroatoms. The number of aliphatic hydroxyl groups excluding tert-OH is 1. The second kappa shape index (κ2) is 6.95. The third-order valence-corrected chi connectivity index (χ3v) is 6.62. The van der Waals surface area contributed by atoms with Gasteiger partial charge in [0, 0.05) is 36.8 Å². The number of amides is 1. The molecule has 2 aliphatic rings. The van der Waals surface area contributed by atoms with Crippen LogP contribution in [0.15, 0.2) is 54.9 Å². The molecule has 1 saturated heterocycles. The van der Waals surface area contributed by atoms with Crippen LogP contribution < -0.4 is 0 Å². The van der Waals surface area contributed by atoms with Crippen molar-refractivity contribution in [3.8, 4) is 0 Å². The molecule has 3 heterocycles. The zero-order chi connectivity index (χ0) is 20.0. The quantitative estimate of drug-likeness (QED) is 0.744. The molecule has 2 fully saturated rings. The van der Waals surface area contributed by atoms with Crippen LogP contribution in [-0.4, -0.2) is 44.5 Å². The molecular formula is C23H24FN3O2. The monoisotopic (exact) mass is 393 g/mol. The Bertz CT molecular complexity index is 1030. The van der Waals surface area contributed by atoms with Crippen molar-refractivity contribution in [1.29, 1.82) is 0 Å². The summed E-state index contributed by atoms with van der Waals surface area (Å²) < 4.78 is 15.4. The van der Waals surface area contributed by atoms with Gasteiger partial charge in [0.05, 0.1) is 11.8 Å². The summed E-state index contributed by atoms with van der Waals surface area (Å²) in [6.07, 6.45) is 5.75. The van der Waals surface area contributed by atoms with Crippen LogP contribution in [0.1, 0.15) is 36.9 Å². The van der Waals surface area contributed by atoms with Crippen LogP contribution in [0.4, 0.5) is 4.39 Å². The number of piperidine rings is 1. The molecule has 29 heavy (non-hydrogen) atoms. The van der Waals surface area contributed by atoms with E-state index in [1.54, 1.807) is 10.5 Å². The normalized spacial score (nSPS) is 23.7. The molecule has 0 unspecified atom stereocenters. The Kier molecular flexibility index (Phi) is 4.39. The Labute approximate surface area is 168 Å². The average Bonchev–Trinajstić information content (AvgIpc) is 3.15. The number of carbonyl (C=O) groups is 1. The highest BCUT2D eigenvalue weighted by Gasteiger charge is 2.43. The molecule has 0 bridgehead atoms. The number of carbonyl (C=O) groups excluding carboxylic acids is 1. The largest absolute Gasteiger partial charge is 0.393 e. The lowest BCUT2D eigenvalue weighted by Gasteiger charge is -2.43. The van der Waals surface area contributed by atoms with Gasteiger partial charge < -0.3 is 14.4 Å². The third-order valence-electron chi connectivity index (χ3n) is 6.62. The lowest BCUT2D eigenvalue weighted by molar-refractivity contribution is -0.143. The number of aromatic nitrogens is 2. The number of benzene rings is 1. The number of likely N-dealkylation sites (tertiary alicyclic amines) is 1. The summed E-state index contributed by atoms with van der Waals surface area (Å²) in [6, 6.07) is 13.4. The van der Waals surface area contributed by atoms with E-state index in [0.717, 1.165) is 24.2 Å². The van der Waals surface area contributed by atoms with Crippen molar-refractivity contribution in [3.05, 3.63) is 71.9 Å². The average molecular weight is 393 g/mol. The van der Waals surface area contributed by atoms with Gasteiger partial charge in [0.2, 0.25) is 5.91 Å². The number of aliphatic hydroxyl groups is 1. The Balaban J connectivity index is 1.47. The second-order valence-electron chi connectivity index (χ2n) is 8.33. The van der Waals surface area contributed by atoms with Gasteiger partial charge in [-0.25, -0.2) is 9.37 Å². The number of imidazole rings is 1. The van der Waals surface area contributed by atoms with Crippen molar-refractivity contribution in [3.63, 3.8) is 0 Å². The van der Waals surface area contributed by atoms with Crippen molar-refractivity contribution >= 4 is 11.6 Å². The highest BCUT2D eigenvalue weighted by Crippen LogP contribution is 2.42. The molecule has 2 aromatic heterocycles. The first-order valence-electron chi connectivity index (χ1n) is 10.2. The molecule has 5 rings (SSSR count). The molecule has 1 N–H and O–H groups in total. The van der Waals surface area contributed by atoms with Crippen LogP contribution in [0, 0.1) is 11.7 Å². The fourth-order valence-corrected chi connectivity index (χ4v) is 4.80. The lowest BCUT2D eigenvalue weighted by atomic mass is 9.70. The van der Waals surface area contributed by atoms with Crippen molar-refractivity contribution in [1.82, 2.24) is 14.3 Å². The van der Waals surface area contributed by atoms with Gasteiger partial charge in [-0.15, -0.1) is 0 Å². The summed E-state index contributed by atoms with van der Waals surface area (Å²) in [7, 11) is 0. The van der Waals surface area contributed by atoms with E-state index in [4.69, 9.17) is 4.98 Å². The predicted octanol–water partition coefficient (Wildman–Crippen LogP) is 3.15. The molecule has 1 aliphatic carbocycles. The van der Waals surface area contributed by atoms with Gasteiger partial charge in [0.15, 0.2) is 0 Å². The standard InChI is InChI=1S/C23H24FN3O2/c24-18-6-7-21-25-20(15-27(21)14-18)23(17-4-2-1-3-5-17)8-10-26(11-9-23)22(29)16-12-19(28)13-16/h1-7,14-16,19,28H,8-13H2. The number of pyridine rings is 1. The summed E-state index contributed by atoms with van der Waals surface area (Å²) in [5, 5.41) is 9.53. The molecule has 0 atom stereocenters. The van der Waals surface area contributed by atoms with E-state index in [1.807, 2.05) is 29.3 Å². The zero-order valence-corrected chi connectivity index (χ0v) is 16.2. The second-order valence-corrected chi connectivity index (χ2v) is 8.33. The molecule has 5 nitrogen and oxygen atoms in total. The van der Waals surface area contributed by atoms with Gasteiger partial charge in [-0.05, 0) is 43.4 Å². The Morgan fingerprint density at radius 1 is 1.07 bits per heavy atom. The van der Waals surface area contributed by atoms with Crippen LogP contribution in [0.5, 0.6) is 0 Å². The zero-order valence-electron chi connectivity index (χ0n) is 16.2. The smallest absolute Gasteiger partial charge is 0.225 e. The summed E-state index contributed by atoms with van der Waals surface area (Å²) in [6.45, 7) is 1.31. The van der Waals surface area contributed by atoms with E-state index in [1.165, 1.54) is 17.8 Å². The van der Waals surface area contributed by atoms with Gasteiger partial charge in [-0.3, -0.25) is 4.79 Å². The Morgan fingerprint density at radius 2 is 1.79 bits per heavy atom. The minimum atomic E-state index is -0.324. The number of fused-ring (bicyclic) bond motifs is 1. The minimum Gasteiger partial charge on any atom is -0.393 e. The van der Waals surface area contributed by atoms with Crippen LogP contribution in [0.25, 0.3) is 5.65 Å². The lowest BCUT2D eigenvalue weighted by Crippen LogP contribution is -2.50. The Hall–Kier alpha value is -2.73. The molecule has 1 aliphatic heterocycles. The molecule has 1 aromatic carbocycles. The molecule has 0 radical (unpaired) electrons. The van der Waals surface area contributed by atoms with Gasteiger partial charge in [0.1, 0.15) is 11.5 Å².